The maximum Gasteiger partial charge on any atom is 0.339 e. The molecule has 1 saturated heterocycles. The number of likely N-dealkylation sites (tertiary alicyclic amines) is 1. The number of amides is 1. The number of hydrogen-bond donors (Lipinski definition) is 0. The molecule has 1 atom stereocenters. The summed E-state index contributed by atoms with van der Waals surface area (Å²) in [7, 11) is 1.50. The lowest BCUT2D eigenvalue weighted by Gasteiger charge is -2.20. The minimum absolute atomic E-state index is 0.155. The SMILES string of the molecule is CCOc1c(Br)cc(C(=O)O[C@H](C)C(=O)N2CCCC2)cc1OC. The van der Waals surface area contributed by atoms with Crippen LogP contribution in [0.4, 0.5) is 0 Å². The Balaban J connectivity index is 2.11. The number of carbonyl (C=O) groups is 2. The molecule has 1 heterocycles. The summed E-state index contributed by atoms with van der Waals surface area (Å²) in [5.41, 5.74) is 0.295. The monoisotopic (exact) mass is 399 g/mol. The van der Waals surface area contributed by atoms with Gasteiger partial charge in [-0.05, 0) is 54.8 Å². The Labute approximate surface area is 150 Å². The molecule has 0 radical (unpaired) electrons. The molecule has 2 rings (SSSR count). The number of benzene rings is 1. The molecule has 1 fully saturated rings. The molecule has 0 bridgehead atoms. The lowest BCUT2D eigenvalue weighted by atomic mass is 10.2. The van der Waals surface area contributed by atoms with E-state index in [4.69, 9.17) is 14.2 Å². The van der Waals surface area contributed by atoms with E-state index < -0.39 is 12.1 Å². The van der Waals surface area contributed by atoms with E-state index in [2.05, 4.69) is 15.9 Å². The Morgan fingerprint density at radius 1 is 1.29 bits per heavy atom. The van der Waals surface area contributed by atoms with E-state index >= 15 is 0 Å². The van der Waals surface area contributed by atoms with Crippen LogP contribution in [0.2, 0.25) is 0 Å². The molecule has 24 heavy (non-hydrogen) atoms. The van der Waals surface area contributed by atoms with E-state index in [1.54, 1.807) is 24.0 Å². The number of nitrogens with zero attached hydrogens (tertiary/aromatic N) is 1. The second-order valence-corrected chi connectivity index (χ2v) is 6.36. The topological polar surface area (TPSA) is 65.1 Å². The van der Waals surface area contributed by atoms with Crippen molar-refractivity contribution in [2.24, 2.45) is 0 Å². The Hall–Kier alpha value is -1.76. The fourth-order valence-electron chi connectivity index (χ4n) is 2.60. The molecule has 0 aliphatic carbocycles. The van der Waals surface area contributed by atoms with Gasteiger partial charge in [-0.2, -0.15) is 0 Å². The molecule has 7 heteroatoms. The Morgan fingerprint density at radius 2 is 1.96 bits per heavy atom. The first kappa shape index (κ1) is 18.6. The van der Waals surface area contributed by atoms with Gasteiger partial charge >= 0.3 is 5.97 Å². The summed E-state index contributed by atoms with van der Waals surface area (Å²) in [6.45, 7) is 5.38. The summed E-state index contributed by atoms with van der Waals surface area (Å²) < 4.78 is 16.7. The fourth-order valence-corrected chi connectivity index (χ4v) is 3.15. The van der Waals surface area contributed by atoms with Crippen LogP contribution in [-0.2, 0) is 9.53 Å². The molecule has 6 nitrogen and oxygen atoms in total. The van der Waals surface area contributed by atoms with Crippen LogP contribution < -0.4 is 9.47 Å². The zero-order valence-electron chi connectivity index (χ0n) is 14.1. The van der Waals surface area contributed by atoms with Crippen molar-refractivity contribution in [1.82, 2.24) is 4.90 Å². The molecular weight excluding hydrogens is 378 g/mol. The van der Waals surface area contributed by atoms with Gasteiger partial charge in [-0.1, -0.05) is 0 Å². The maximum absolute atomic E-state index is 12.4. The first-order valence-electron chi connectivity index (χ1n) is 7.98. The molecule has 132 valence electrons. The summed E-state index contributed by atoms with van der Waals surface area (Å²) in [5, 5.41) is 0. The van der Waals surface area contributed by atoms with Gasteiger partial charge in [-0.15, -0.1) is 0 Å². The highest BCUT2D eigenvalue weighted by Gasteiger charge is 2.27. The van der Waals surface area contributed by atoms with Gasteiger partial charge in [0.1, 0.15) is 0 Å². The van der Waals surface area contributed by atoms with Crippen molar-refractivity contribution in [2.45, 2.75) is 32.8 Å². The quantitative estimate of drug-likeness (QED) is 0.687. The molecule has 1 aliphatic heterocycles. The van der Waals surface area contributed by atoms with Crippen LogP contribution in [0.25, 0.3) is 0 Å². The summed E-state index contributed by atoms with van der Waals surface area (Å²) in [6, 6.07) is 3.15. The van der Waals surface area contributed by atoms with E-state index in [0.29, 0.717) is 28.1 Å². The average Bonchev–Trinajstić information content (AvgIpc) is 3.10. The third kappa shape index (κ3) is 4.20. The predicted octanol–water partition coefficient (Wildman–Crippen LogP) is 3.02. The Kier molecular flexibility index (Phi) is 6.48. The highest BCUT2D eigenvalue weighted by Crippen LogP contribution is 2.36. The van der Waals surface area contributed by atoms with Gasteiger partial charge in [0, 0.05) is 13.1 Å². The number of rotatable bonds is 6. The summed E-state index contributed by atoms with van der Waals surface area (Å²) >= 11 is 3.37. The van der Waals surface area contributed by atoms with Gasteiger partial charge in [0.15, 0.2) is 17.6 Å². The van der Waals surface area contributed by atoms with Crippen molar-refractivity contribution in [3.8, 4) is 11.5 Å². The molecule has 1 aromatic carbocycles. The number of carbonyl (C=O) groups excluding carboxylic acids is 2. The molecule has 1 aliphatic rings. The lowest BCUT2D eigenvalue weighted by molar-refractivity contribution is -0.138. The standard InChI is InChI=1S/C17H22BrNO5/c1-4-23-15-13(18)9-12(10-14(15)22-3)17(21)24-11(2)16(20)19-7-5-6-8-19/h9-11H,4-8H2,1-3H3/t11-/m1/s1. The largest absolute Gasteiger partial charge is 0.493 e. The molecule has 0 spiro atoms. The summed E-state index contributed by atoms with van der Waals surface area (Å²) in [4.78, 5) is 26.3. The van der Waals surface area contributed by atoms with Crippen LogP contribution in [-0.4, -0.2) is 49.7 Å². The normalized spacial score (nSPS) is 15.1. The second-order valence-electron chi connectivity index (χ2n) is 5.50. The van der Waals surface area contributed by atoms with Gasteiger partial charge in [0.05, 0.1) is 23.8 Å². The third-order valence-corrected chi connectivity index (χ3v) is 4.39. The average molecular weight is 400 g/mol. The molecule has 1 aromatic rings. The number of esters is 1. The minimum atomic E-state index is -0.813. The number of ether oxygens (including phenoxy) is 3. The highest BCUT2D eigenvalue weighted by molar-refractivity contribution is 9.10. The first-order chi connectivity index (χ1) is 11.5. The van der Waals surface area contributed by atoms with E-state index in [-0.39, 0.29) is 5.91 Å². The summed E-state index contributed by atoms with van der Waals surface area (Å²) in [5.74, 6) is 0.226. The van der Waals surface area contributed by atoms with E-state index in [1.807, 2.05) is 6.92 Å². The molecule has 0 saturated carbocycles. The highest BCUT2D eigenvalue weighted by atomic mass is 79.9. The Morgan fingerprint density at radius 3 is 2.54 bits per heavy atom. The van der Waals surface area contributed by atoms with Crippen molar-refractivity contribution in [3.63, 3.8) is 0 Å². The molecule has 0 N–H and O–H groups in total. The van der Waals surface area contributed by atoms with E-state index in [1.165, 1.54) is 7.11 Å². The van der Waals surface area contributed by atoms with Gasteiger partial charge < -0.3 is 19.1 Å². The van der Waals surface area contributed by atoms with Gasteiger partial charge in [0.25, 0.3) is 5.91 Å². The molecular formula is C17H22BrNO5. The van der Waals surface area contributed by atoms with Crippen LogP contribution >= 0.6 is 15.9 Å². The van der Waals surface area contributed by atoms with E-state index in [9.17, 15) is 9.59 Å². The minimum Gasteiger partial charge on any atom is -0.493 e. The number of hydrogen-bond acceptors (Lipinski definition) is 5. The van der Waals surface area contributed by atoms with Gasteiger partial charge in [-0.25, -0.2) is 4.79 Å². The first-order valence-corrected chi connectivity index (χ1v) is 8.77. The van der Waals surface area contributed by atoms with Crippen molar-refractivity contribution >= 4 is 27.8 Å². The van der Waals surface area contributed by atoms with Gasteiger partial charge in [-0.3, -0.25) is 4.79 Å². The van der Waals surface area contributed by atoms with Crippen molar-refractivity contribution in [2.75, 3.05) is 26.8 Å². The summed E-state index contributed by atoms with van der Waals surface area (Å²) in [6.07, 6.45) is 1.18. The van der Waals surface area contributed by atoms with Crippen LogP contribution in [0, 0.1) is 0 Å². The van der Waals surface area contributed by atoms with E-state index in [0.717, 1.165) is 25.9 Å². The zero-order valence-corrected chi connectivity index (χ0v) is 15.7. The third-order valence-electron chi connectivity index (χ3n) is 3.80. The molecule has 0 aromatic heterocycles. The van der Waals surface area contributed by atoms with Crippen molar-refractivity contribution < 1.29 is 23.8 Å². The number of halogens is 1. The molecule has 1 amide bonds. The fraction of sp³-hybridized carbons (Fsp3) is 0.529. The maximum atomic E-state index is 12.4. The van der Waals surface area contributed by atoms with Crippen LogP contribution in [0.5, 0.6) is 11.5 Å². The smallest absolute Gasteiger partial charge is 0.339 e. The second kappa shape index (κ2) is 8.37. The Bertz CT molecular complexity index is 613. The van der Waals surface area contributed by atoms with Gasteiger partial charge in [0.2, 0.25) is 0 Å². The predicted molar refractivity (Wildman–Crippen MR) is 92.6 cm³/mol. The van der Waals surface area contributed by atoms with Crippen molar-refractivity contribution in [3.05, 3.63) is 22.2 Å². The molecule has 0 unspecified atom stereocenters. The van der Waals surface area contributed by atoms with Crippen LogP contribution in [0.15, 0.2) is 16.6 Å². The van der Waals surface area contributed by atoms with Crippen LogP contribution in [0.3, 0.4) is 0 Å². The van der Waals surface area contributed by atoms with Crippen molar-refractivity contribution in [1.29, 1.82) is 0 Å². The zero-order chi connectivity index (χ0) is 17.7. The number of methoxy groups -OCH3 is 1. The lowest BCUT2D eigenvalue weighted by Crippen LogP contribution is -2.38. The van der Waals surface area contributed by atoms with Crippen LogP contribution in [0.1, 0.15) is 37.0 Å².